The van der Waals surface area contributed by atoms with Gasteiger partial charge in [-0.3, -0.25) is 0 Å². The maximum atomic E-state index is 10.5. The van der Waals surface area contributed by atoms with Crippen molar-refractivity contribution in [2.45, 2.75) is 77.7 Å². The van der Waals surface area contributed by atoms with Gasteiger partial charge in [0.2, 0.25) is 0 Å². The first-order valence-corrected chi connectivity index (χ1v) is 9.83. The molecule has 3 fully saturated rings. The third kappa shape index (κ3) is 2.20. The molecule has 23 heavy (non-hydrogen) atoms. The van der Waals surface area contributed by atoms with Crippen molar-refractivity contribution < 1.29 is 10.2 Å². The zero-order valence-electron chi connectivity index (χ0n) is 15.1. The molecule has 0 aromatic rings. The summed E-state index contributed by atoms with van der Waals surface area (Å²) in [7, 11) is 0. The highest BCUT2D eigenvalue weighted by atomic mass is 16.3. The van der Waals surface area contributed by atoms with E-state index in [0.717, 1.165) is 37.0 Å². The number of hydrogen-bond acceptors (Lipinski definition) is 2. The van der Waals surface area contributed by atoms with Crippen LogP contribution >= 0.6 is 0 Å². The zero-order valence-corrected chi connectivity index (χ0v) is 15.1. The lowest BCUT2D eigenvalue weighted by Crippen LogP contribution is -2.51. The quantitative estimate of drug-likeness (QED) is 0.707. The van der Waals surface area contributed by atoms with E-state index >= 15 is 0 Å². The molecule has 2 nitrogen and oxygen atoms in total. The number of allylic oxidation sites excluding steroid dienone is 1. The molecule has 3 saturated carbocycles. The second kappa shape index (κ2) is 5.08. The second-order valence-electron chi connectivity index (χ2n) is 9.93. The molecule has 4 aliphatic rings. The minimum atomic E-state index is -0.489. The topological polar surface area (TPSA) is 40.5 Å². The average molecular weight is 319 g/mol. The zero-order chi connectivity index (χ0) is 16.5. The Hall–Kier alpha value is -0.340. The summed E-state index contributed by atoms with van der Waals surface area (Å²) in [5.41, 5.74) is 1.76. The normalized spacial score (nSPS) is 55.6. The van der Waals surface area contributed by atoms with Crippen LogP contribution in [0.2, 0.25) is 0 Å². The van der Waals surface area contributed by atoms with E-state index in [2.05, 4.69) is 19.9 Å². The van der Waals surface area contributed by atoms with Gasteiger partial charge in [-0.25, -0.2) is 0 Å². The van der Waals surface area contributed by atoms with Crippen LogP contribution in [0.4, 0.5) is 0 Å². The van der Waals surface area contributed by atoms with Crippen LogP contribution in [-0.2, 0) is 0 Å². The minimum absolute atomic E-state index is 0.323. The van der Waals surface area contributed by atoms with Crippen molar-refractivity contribution in [2.24, 2.45) is 34.5 Å². The number of fused-ring (bicyclic) bond motifs is 5. The Labute approximate surface area is 141 Å². The van der Waals surface area contributed by atoms with Gasteiger partial charge in [0.1, 0.15) is 0 Å². The van der Waals surface area contributed by atoms with Crippen molar-refractivity contribution in [1.82, 2.24) is 0 Å². The molecule has 0 radical (unpaired) electrons. The molecule has 130 valence electrons. The largest absolute Gasteiger partial charge is 0.396 e. The summed E-state index contributed by atoms with van der Waals surface area (Å²) < 4.78 is 0. The van der Waals surface area contributed by atoms with E-state index in [4.69, 9.17) is 0 Å². The molecule has 7 atom stereocenters. The summed E-state index contributed by atoms with van der Waals surface area (Å²) in [6.07, 6.45) is 11.9. The molecule has 2 N–H and O–H groups in total. The van der Waals surface area contributed by atoms with Crippen LogP contribution in [0.1, 0.15) is 72.1 Å². The average Bonchev–Trinajstić information content (AvgIpc) is 2.84. The fourth-order valence-corrected chi connectivity index (χ4v) is 7.21. The van der Waals surface area contributed by atoms with Crippen LogP contribution in [0.25, 0.3) is 0 Å². The molecule has 4 aliphatic carbocycles. The summed E-state index contributed by atoms with van der Waals surface area (Å²) in [5.74, 6) is 2.94. The fraction of sp³-hybridized carbons (Fsp3) is 0.905. The smallest absolute Gasteiger partial charge is 0.0657 e. The third-order valence-corrected chi connectivity index (χ3v) is 8.80. The SMILES string of the molecule is CC12CC[C@](C)(O)CC1=CCC1C2CCC2(C)C(CO)CCC12. The summed E-state index contributed by atoms with van der Waals surface area (Å²) in [4.78, 5) is 0. The number of aliphatic hydroxyl groups excluding tert-OH is 1. The van der Waals surface area contributed by atoms with Gasteiger partial charge in [-0.15, -0.1) is 0 Å². The highest BCUT2D eigenvalue weighted by Crippen LogP contribution is 2.66. The van der Waals surface area contributed by atoms with Crippen LogP contribution in [0.15, 0.2) is 11.6 Å². The number of rotatable bonds is 1. The van der Waals surface area contributed by atoms with E-state index in [1.165, 1.54) is 32.1 Å². The minimum Gasteiger partial charge on any atom is -0.396 e. The Balaban J connectivity index is 1.65. The van der Waals surface area contributed by atoms with E-state index in [1.807, 2.05) is 6.92 Å². The van der Waals surface area contributed by atoms with Crippen LogP contribution in [-0.4, -0.2) is 22.4 Å². The summed E-state index contributed by atoms with van der Waals surface area (Å²) in [6, 6.07) is 0. The van der Waals surface area contributed by atoms with Gasteiger partial charge in [0.15, 0.2) is 0 Å². The molecule has 0 aliphatic heterocycles. The highest BCUT2D eigenvalue weighted by Gasteiger charge is 2.58. The molecule has 0 amide bonds. The third-order valence-electron chi connectivity index (χ3n) is 8.80. The van der Waals surface area contributed by atoms with Crippen molar-refractivity contribution in [3.8, 4) is 0 Å². The van der Waals surface area contributed by atoms with Gasteiger partial charge in [0, 0.05) is 6.61 Å². The Morgan fingerprint density at radius 1 is 1.04 bits per heavy atom. The lowest BCUT2D eigenvalue weighted by atomic mass is 9.47. The second-order valence-corrected chi connectivity index (χ2v) is 9.93. The van der Waals surface area contributed by atoms with Crippen molar-refractivity contribution >= 4 is 0 Å². The van der Waals surface area contributed by atoms with Crippen molar-refractivity contribution in [3.05, 3.63) is 11.6 Å². The predicted octanol–water partition coefficient (Wildman–Crippen LogP) is 4.31. The van der Waals surface area contributed by atoms with E-state index in [9.17, 15) is 10.2 Å². The van der Waals surface area contributed by atoms with Crippen LogP contribution in [0.3, 0.4) is 0 Å². The molecule has 0 heterocycles. The molecule has 0 bridgehead atoms. The van der Waals surface area contributed by atoms with E-state index < -0.39 is 5.60 Å². The van der Waals surface area contributed by atoms with E-state index in [-0.39, 0.29) is 0 Å². The van der Waals surface area contributed by atoms with E-state index in [0.29, 0.717) is 23.4 Å². The lowest BCUT2D eigenvalue weighted by molar-refractivity contribution is -0.0696. The molecule has 0 spiro atoms. The van der Waals surface area contributed by atoms with Gasteiger partial charge < -0.3 is 10.2 Å². The summed E-state index contributed by atoms with van der Waals surface area (Å²) >= 11 is 0. The molecular formula is C21H34O2. The molecule has 0 saturated heterocycles. The lowest BCUT2D eigenvalue weighted by Gasteiger charge is -2.58. The van der Waals surface area contributed by atoms with Crippen LogP contribution < -0.4 is 0 Å². The molecule has 4 rings (SSSR count). The Bertz CT molecular complexity index is 522. The monoisotopic (exact) mass is 318 g/mol. The van der Waals surface area contributed by atoms with Crippen LogP contribution in [0, 0.1) is 34.5 Å². The van der Waals surface area contributed by atoms with Gasteiger partial charge in [-0.05, 0) is 92.8 Å². The molecule has 2 heteroatoms. The van der Waals surface area contributed by atoms with Gasteiger partial charge in [-0.2, -0.15) is 0 Å². The molecule has 0 aromatic carbocycles. The van der Waals surface area contributed by atoms with Crippen molar-refractivity contribution in [2.75, 3.05) is 6.61 Å². The first-order chi connectivity index (χ1) is 10.8. The first kappa shape index (κ1) is 16.1. The van der Waals surface area contributed by atoms with Gasteiger partial charge in [-0.1, -0.05) is 25.5 Å². The maximum absolute atomic E-state index is 10.5. The van der Waals surface area contributed by atoms with Crippen molar-refractivity contribution in [3.63, 3.8) is 0 Å². The standard InChI is InChI=1S/C21H34O2/c1-19(23)10-11-21(3)14(12-19)4-6-16-17-7-5-15(13-22)20(17,2)9-8-18(16)21/h4,15-18,22-23H,5-13H2,1-3H3/t15?,16?,17?,18?,19-,20?,21?/m0/s1. The first-order valence-electron chi connectivity index (χ1n) is 9.83. The summed E-state index contributed by atoms with van der Waals surface area (Å²) in [5, 5.41) is 20.3. The van der Waals surface area contributed by atoms with Crippen molar-refractivity contribution in [1.29, 1.82) is 0 Å². The number of hydrogen-bond donors (Lipinski definition) is 2. The van der Waals surface area contributed by atoms with Gasteiger partial charge >= 0.3 is 0 Å². The predicted molar refractivity (Wildman–Crippen MR) is 92.9 cm³/mol. The van der Waals surface area contributed by atoms with Gasteiger partial charge in [0.25, 0.3) is 0 Å². The molecule has 6 unspecified atom stereocenters. The fourth-order valence-electron chi connectivity index (χ4n) is 7.21. The Kier molecular flexibility index (Phi) is 3.57. The Morgan fingerprint density at radius 3 is 2.57 bits per heavy atom. The number of aliphatic hydroxyl groups is 2. The van der Waals surface area contributed by atoms with E-state index in [1.54, 1.807) is 5.57 Å². The maximum Gasteiger partial charge on any atom is 0.0657 e. The summed E-state index contributed by atoms with van der Waals surface area (Å²) in [6.45, 7) is 7.35. The molecule has 0 aromatic heterocycles. The van der Waals surface area contributed by atoms with Crippen LogP contribution in [0.5, 0.6) is 0 Å². The highest BCUT2D eigenvalue weighted by molar-refractivity contribution is 5.26. The van der Waals surface area contributed by atoms with Gasteiger partial charge in [0.05, 0.1) is 5.60 Å². The molecular weight excluding hydrogens is 284 g/mol. The Morgan fingerprint density at radius 2 is 1.83 bits per heavy atom.